The number of halogens is 2. The van der Waals surface area contributed by atoms with E-state index in [1.54, 1.807) is 0 Å². The second-order valence-electron chi connectivity index (χ2n) is 6.13. The molecule has 2 fully saturated rings. The maximum absolute atomic E-state index is 6.30. The molecule has 0 amide bonds. The van der Waals surface area contributed by atoms with Crippen molar-refractivity contribution in [3.05, 3.63) is 28.7 Å². The smallest absolute Gasteiger partial charge is 0.120 e. The van der Waals surface area contributed by atoms with Crippen LogP contribution in [-0.4, -0.2) is 12.5 Å². The predicted octanol–water partition coefficient (Wildman–Crippen LogP) is 5.26. The second kappa shape index (κ2) is 5.65. The van der Waals surface area contributed by atoms with Gasteiger partial charge in [0.2, 0.25) is 0 Å². The van der Waals surface area contributed by atoms with Crippen molar-refractivity contribution in [3.63, 3.8) is 0 Å². The molecule has 0 N–H and O–H groups in total. The van der Waals surface area contributed by atoms with Crippen molar-refractivity contribution in [2.75, 3.05) is 12.5 Å². The maximum Gasteiger partial charge on any atom is 0.120 e. The van der Waals surface area contributed by atoms with Crippen LogP contribution in [0.15, 0.2) is 28.7 Å². The van der Waals surface area contributed by atoms with Crippen LogP contribution in [0.2, 0.25) is 0 Å². The first-order chi connectivity index (χ1) is 9.22. The van der Waals surface area contributed by atoms with E-state index in [1.165, 1.54) is 25.7 Å². The van der Waals surface area contributed by atoms with Gasteiger partial charge in [-0.15, -0.1) is 11.6 Å². The first-order valence-corrected chi connectivity index (χ1v) is 8.49. The lowest BCUT2D eigenvalue weighted by Crippen LogP contribution is -2.31. The largest absolute Gasteiger partial charge is 0.494 e. The van der Waals surface area contributed by atoms with Crippen LogP contribution < -0.4 is 4.74 Å². The Bertz CT molecular complexity index is 450. The van der Waals surface area contributed by atoms with Crippen LogP contribution in [0.1, 0.15) is 32.1 Å². The normalized spacial score (nSPS) is 32.7. The zero-order valence-corrected chi connectivity index (χ0v) is 13.4. The van der Waals surface area contributed by atoms with E-state index in [-0.39, 0.29) is 0 Å². The molecule has 3 unspecified atom stereocenters. The molecule has 1 aromatic carbocycles. The Kier molecular flexibility index (Phi) is 4.09. The topological polar surface area (TPSA) is 9.23 Å². The molecular formula is C16H20BrClO. The average molecular weight is 344 g/mol. The van der Waals surface area contributed by atoms with Crippen molar-refractivity contribution in [2.45, 2.75) is 32.1 Å². The maximum atomic E-state index is 6.30. The molecule has 0 radical (unpaired) electrons. The van der Waals surface area contributed by atoms with Gasteiger partial charge in [-0.2, -0.15) is 0 Å². The molecule has 3 heteroatoms. The van der Waals surface area contributed by atoms with E-state index in [1.807, 2.05) is 24.3 Å². The number of ether oxygens (including phenoxy) is 1. The number of rotatable bonds is 5. The van der Waals surface area contributed by atoms with Gasteiger partial charge in [-0.05, 0) is 61.1 Å². The van der Waals surface area contributed by atoms with Gasteiger partial charge in [-0.25, -0.2) is 0 Å². The number of fused-ring (bicyclic) bond motifs is 2. The molecule has 0 aliphatic heterocycles. The van der Waals surface area contributed by atoms with Gasteiger partial charge in [-0.1, -0.05) is 28.4 Å². The highest BCUT2D eigenvalue weighted by atomic mass is 79.9. The lowest BCUT2D eigenvalue weighted by Gasteiger charge is -2.36. The van der Waals surface area contributed by atoms with Gasteiger partial charge in [0.25, 0.3) is 0 Å². The molecule has 2 aliphatic rings. The van der Waals surface area contributed by atoms with E-state index in [4.69, 9.17) is 16.3 Å². The Balaban J connectivity index is 1.57. The molecule has 1 nitrogen and oxygen atoms in total. The first-order valence-electron chi connectivity index (χ1n) is 7.16. The predicted molar refractivity (Wildman–Crippen MR) is 82.9 cm³/mol. The molecule has 0 heterocycles. The lowest BCUT2D eigenvalue weighted by molar-refractivity contribution is 0.141. The highest BCUT2D eigenvalue weighted by molar-refractivity contribution is 9.10. The molecule has 2 saturated carbocycles. The molecule has 1 aromatic rings. The van der Waals surface area contributed by atoms with Crippen LogP contribution in [-0.2, 0) is 0 Å². The van der Waals surface area contributed by atoms with Gasteiger partial charge in [-0.3, -0.25) is 0 Å². The van der Waals surface area contributed by atoms with Gasteiger partial charge >= 0.3 is 0 Å². The van der Waals surface area contributed by atoms with E-state index >= 15 is 0 Å². The van der Waals surface area contributed by atoms with Crippen molar-refractivity contribution >= 4 is 27.5 Å². The van der Waals surface area contributed by atoms with Crippen molar-refractivity contribution in [1.29, 1.82) is 0 Å². The summed E-state index contributed by atoms with van der Waals surface area (Å²) in [5.74, 6) is 3.54. The van der Waals surface area contributed by atoms with Gasteiger partial charge in [0.1, 0.15) is 5.75 Å². The third-order valence-electron chi connectivity index (χ3n) is 5.03. The minimum atomic E-state index is 0.358. The monoisotopic (exact) mass is 342 g/mol. The van der Waals surface area contributed by atoms with E-state index in [0.717, 1.165) is 41.0 Å². The van der Waals surface area contributed by atoms with E-state index in [9.17, 15) is 0 Å². The summed E-state index contributed by atoms with van der Waals surface area (Å²) < 4.78 is 6.96. The number of hydrogen-bond acceptors (Lipinski definition) is 1. The van der Waals surface area contributed by atoms with Crippen LogP contribution in [0.25, 0.3) is 0 Å². The number of alkyl halides is 1. The lowest BCUT2D eigenvalue weighted by atomic mass is 9.72. The van der Waals surface area contributed by atoms with Crippen molar-refractivity contribution < 1.29 is 4.74 Å². The van der Waals surface area contributed by atoms with E-state index in [2.05, 4.69) is 15.9 Å². The SMILES string of the molecule is ClCC1(CCOc2cccc(Br)c2)CC2CCC1C2. The Morgan fingerprint density at radius 3 is 2.89 bits per heavy atom. The zero-order valence-electron chi connectivity index (χ0n) is 11.1. The Hall–Kier alpha value is -0.210. The summed E-state index contributed by atoms with van der Waals surface area (Å²) in [6.45, 7) is 0.784. The van der Waals surface area contributed by atoms with Gasteiger partial charge < -0.3 is 4.74 Å². The van der Waals surface area contributed by atoms with Crippen LogP contribution in [0.3, 0.4) is 0 Å². The summed E-state index contributed by atoms with van der Waals surface area (Å²) in [4.78, 5) is 0. The molecule has 3 atom stereocenters. The Morgan fingerprint density at radius 1 is 1.37 bits per heavy atom. The van der Waals surface area contributed by atoms with Gasteiger partial charge in [0.05, 0.1) is 6.61 Å². The van der Waals surface area contributed by atoms with Crippen LogP contribution >= 0.6 is 27.5 Å². The highest BCUT2D eigenvalue weighted by Gasteiger charge is 2.49. The zero-order chi connectivity index (χ0) is 13.3. The first kappa shape index (κ1) is 13.8. The van der Waals surface area contributed by atoms with Crippen LogP contribution in [0.5, 0.6) is 5.75 Å². The van der Waals surface area contributed by atoms with Crippen molar-refractivity contribution in [2.24, 2.45) is 17.3 Å². The minimum Gasteiger partial charge on any atom is -0.494 e. The third kappa shape index (κ3) is 2.80. The third-order valence-corrected chi connectivity index (χ3v) is 6.06. The molecule has 2 aliphatic carbocycles. The summed E-state index contributed by atoms with van der Waals surface area (Å²) >= 11 is 9.77. The summed E-state index contributed by atoms with van der Waals surface area (Å²) in [5.41, 5.74) is 0.358. The molecule has 0 spiro atoms. The van der Waals surface area contributed by atoms with E-state index in [0.29, 0.717) is 5.41 Å². The van der Waals surface area contributed by atoms with Crippen LogP contribution in [0.4, 0.5) is 0 Å². The molecule has 104 valence electrons. The van der Waals surface area contributed by atoms with Crippen molar-refractivity contribution in [1.82, 2.24) is 0 Å². The minimum absolute atomic E-state index is 0.358. The van der Waals surface area contributed by atoms with Gasteiger partial charge in [0, 0.05) is 10.4 Å². The second-order valence-corrected chi connectivity index (χ2v) is 7.31. The number of hydrogen-bond donors (Lipinski definition) is 0. The fraction of sp³-hybridized carbons (Fsp3) is 0.625. The standard InChI is InChI=1S/C16H20BrClO/c17-14-2-1-3-15(9-14)19-7-6-16(11-18)10-12-4-5-13(16)8-12/h1-3,9,12-13H,4-8,10-11H2. The number of benzene rings is 1. The molecule has 19 heavy (non-hydrogen) atoms. The fourth-order valence-electron chi connectivity index (χ4n) is 4.02. The Labute approximate surface area is 128 Å². The molecule has 0 aromatic heterocycles. The molecule has 0 saturated heterocycles. The van der Waals surface area contributed by atoms with Gasteiger partial charge in [0.15, 0.2) is 0 Å². The summed E-state index contributed by atoms with van der Waals surface area (Å²) in [6, 6.07) is 8.06. The van der Waals surface area contributed by atoms with E-state index < -0.39 is 0 Å². The van der Waals surface area contributed by atoms with Crippen LogP contribution in [0, 0.1) is 17.3 Å². The van der Waals surface area contributed by atoms with Crippen molar-refractivity contribution in [3.8, 4) is 5.75 Å². The molecular weight excluding hydrogens is 324 g/mol. The quantitative estimate of drug-likeness (QED) is 0.662. The Morgan fingerprint density at radius 2 is 2.26 bits per heavy atom. The summed E-state index contributed by atoms with van der Waals surface area (Å²) in [5, 5.41) is 0. The summed E-state index contributed by atoms with van der Waals surface area (Å²) in [7, 11) is 0. The molecule has 3 rings (SSSR count). The summed E-state index contributed by atoms with van der Waals surface area (Å²) in [6.07, 6.45) is 6.64. The molecule has 2 bridgehead atoms. The average Bonchev–Trinajstić information content (AvgIpc) is 3.00. The fourth-order valence-corrected chi connectivity index (χ4v) is 4.86. The highest BCUT2D eigenvalue weighted by Crippen LogP contribution is 2.58.